The van der Waals surface area contributed by atoms with Crippen LogP contribution < -0.4 is 14.4 Å². The van der Waals surface area contributed by atoms with Crippen molar-refractivity contribution in [3.05, 3.63) is 89.5 Å². The maximum Gasteiger partial charge on any atom is 0.264 e. The molecular formula is C24H26N2O4S. The van der Waals surface area contributed by atoms with E-state index in [1.54, 1.807) is 42.5 Å². The molecule has 3 aromatic rings. The molecule has 31 heavy (non-hydrogen) atoms. The normalized spacial score (nSPS) is 11.1. The number of hydrogen-bond donors (Lipinski definition) is 1. The summed E-state index contributed by atoms with van der Waals surface area (Å²) in [5.74, 6) is 0.376. The Kier molecular flexibility index (Phi) is 6.97. The van der Waals surface area contributed by atoms with Crippen molar-refractivity contribution >= 4 is 21.6 Å². The lowest BCUT2D eigenvalue weighted by atomic mass is 10.1. The summed E-state index contributed by atoms with van der Waals surface area (Å²) < 4.78 is 32.7. The lowest BCUT2D eigenvalue weighted by molar-refractivity contribution is 0.0947. The number of sulfonamides is 1. The van der Waals surface area contributed by atoms with Gasteiger partial charge in [-0.2, -0.15) is 0 Å². The molecule has 0 aromatic heterocycles. The highest BCUT2D eigenvalue weighted by Gasteiger charge is 2.24. The van der Waals surface area contributed by atoms with Crippen LogP contribution in [0.25, 0.3) is 0 Å². The number of nitrogens with one attached hydrogen (secondary N) is 1. The van der Waals surface area contributed by atoms with Gasteiger partial charge < -0.3 is 10.1 Å². The number of ether oxygens (including phenoxy) is 1. The molecule has 6 nitrogen and oxygen atoms in total. The van der Waals surface area contributed by atoms with Crippen LogP contribution in [0.2, 0.25) is 0 Å². The van der Waals surface area contributed by atoms with E-state index in [4.69, 9.17) is 4.74 Å². The van der Waals surface area contributed by atoms with Crippen LogP contribution in [0.15, 0.2) is 77.7 Å². The zero-order chi connectivity index (χ0) is 22.4. The standard InChI is InChI=1S/C24H26N2O4S/c1-18-13-14-20(17-19(18)2)30-16-15-25-24(27)22-11-7-8-12-23(22)26(3)31(28,29)21-9-5-4-6-10-21/h4-14,17H,15-16H2,1-3H3,(H,25,27). The van der Waals surface area contributed by atoms with Crippen molar-refractivity contribution in [3.8, 4) is 5.75 Å². The Morgan fingerprint density at radius 3 is 2.32 bits per heavy atom. The van der Waals surface area contributed by atoms with Gasteiger partial charge in [-0.1, -0.05) is 36.4 Å². The fourth-order valence-corrected chi connectivity index (χ4v) is 4.29. The van der Waals surface area contributed by atoms with Crippen molar-refractivity contribution in [2.45, 2.75) is 18.7 Å². The molecule has 0 unspecified atom stereocenters. The first-order valence-electron chi connectivity index (χ1n) is 9.92. The molecule has 0 heterocycles. The number of amides is 1. The number of nitrogens with zero attached hydrogens (tertiary/aromatic N) is 1. The number of carbonyl (C=O) groups is 1. The van der Waals surface area contributed by atoms with Crippen LogP contribution in [0.4, 0.5) is 5.69 Å². The second-order valence-corrected chi connectivity index (χ2v) is 9.12. The second kappa shape index (κ2) is 9.66. The largest absolute Gasteiger partial charge is 0.492 e. The summed E-state index contributed by atoms with van der Waals surface area (Å²) in [6, 6.07) is 20.6. The van der Waals surface area contributed by atoms with Crippen LogP contribution in [0.3, 0.4) is 0 Å². The second-order valence-electron chi connectivity index (χ2n) is 7.15. The third kappa shape index (κ3) is 5.24. The summed E-state index contributed by atoms with van der Waals surface area (Å²) >= 11 is 0. The summed E-state index contributed by atoms with van der Waals surface area (Å²) in [6.07, 6.45) is 0. The number of para-hydroxylation sites is 1. The van der Waals surface area contributed by atoms with Crippen molar-refractivity contribution in [1.29, 1.82) is 0 Å². The predicted octanol–water partition coefficient (Wildman–Crippen LogP) is 3.94. The van der Waals surface area contributed by atoms with E-state index in [1.165, 1.54) is 24.7 Å². The highest BCUT2D eigenvalue weighted by atomic mass is 32.2. The Morgan fingerprint density at radius 2 is 1.61 bits per heavy atom. The Balaban J connectivity index is 1.68. The summed E-state index contributed by atoms with van der Waals surface area (Å²) in [4.78, 5) is 12.9. The minimum absolute atomic E-state index is 0.162. The van der Waals surface area contributed by atoms with Gasteiger partial charge in [0, 0.05) is 7.05 Å². The minimum Gasteiger partial charge on any atom is -0.492 e. The van der Waals surface area contributed by atoms with E-state index in [1.807, 2.05) is 32.0 Å². The van der Waals surface area contributed by atoms with E-state index in [9.17, 15) is 13.2 Å². The Morgan fingerprint density at radius 1 is 0.935 bits per heavy atom. The van der Waals surface area contributed by atoms with Gasteiger partial charge in [-0.25, -0.2) is 8.42 Å². The molecule has 3 rings (SSSR count). The summed E-state index contributed by atoms with van der Waals surface area (Å²) in [5, 5.41) is 2.80. The van der Waals surface area contributed by atoms with Crippen LogP contribution in [0, 0.1) is 13.8 Å². The SMILES string of the molecule is Cc1ccc(OCCNC(=O)c2ccccc2N(C)S(=O)(=O)c2ccccc2)cc1C. The fraction of sp³-hybridized carbons (Fsp3) is 0.208. The smallest absolute Gasteiger partial charge is 0.264 e. The summed E-state index contributed by atoms with van der Waals surface area (Å²) in [6.45, 7) is 4.64. The van der Waals surface area contributed by atoms with Gasteiger partial charge in [0.15, 0.2) is 0 Å². The molecule has 0 aliphatic carbocycles. The van der Waals surface area contributed by atoms with E-state index in [-0.39, 0.29) is 22.9 Å². The third-order valence-corrected chi connectivity index (χ3v) is 6.81. The molecule has 162 valence electrons. The minimum atomic E-state index is -3.79. The molecule has 0 spiro atoms. The van der Waals surface area contributed by atoms with Crippen LogP contribution in [-0.4, -0.2) is 34.5 Å². The van der Waals surface area contributed by atoms with Crippen LogP contribution in [0.1, 0.15) is 21.5 Å². The Hall–Kier alpha value is -3.32. The average molecular weight is 439 g/mol. The highest BCUT2D eigenvalue weighted by molar-refractivity contribution is 7.92. The molecule has 1 N–H and O–H groups in total. The zero-order valence-electron chi connectivity index (χ0n) is 17.8. The number of anilines is 1. The lowest BCUT2D eigenvalue weighted by Crippen LogP contribution is -2.32. The van der Waals surface area contributed by atoms with Crippen molar-refractivity contribution in [3.63, 3.8) is 0 Å². The van der Waals surface area contributed by atoms with Gasteiger partial charge >= 0.3 is 0 Å². The molecule has 0 saturated carbocycles. The number of carbonyl (C=O) groups excluding carboxylic acids is 1. The quantitative estimate of drug-likeness (QED) is 0.541. The number of aryl methyl sites for hydroxylation is 2. The van der Waals surface area contributed by atoms with Gasteiger partial charge in [-0.05, 0) is 61.4 Å². The lowest BCUT2D eigenvalue weighted by Gasteiger charge is -2.22. The van der Waals surface area contributed by atoms with E-state index in [0.29, 0.717) is 12.3 Å². The first-order valence-corrected chi connectivity index (χ1v) is 11.4. The fourth-order valence-electron chi connectivity index (χ4n) is 3.05. The predicted molar refractivity (Wildman–Crippen MR) is 122 cm³/mol. The van der Waals surface area contributed by atoms with Gasteiger partial charge in [-0.15, -0.1) is 0 Å². The van der Waals surface area contributed by atoms with Gasteiger partial charge in [0.25, 0.3) is 15.9 Å². The van der Waals surface area contributed by atoms with Crippen LogP contribution in [0.5, 0.6) is 5.75 Å². The average Bonchev–Trinajstić information content (AvgIpc) is 2.79. The molecule has 0 aliphatic rings. The van der Waals surface area contributed by atoms with Crippen molar-refractivity contribution < 1.29 is 17.9 Å². The van der Waals surface area contributed by atoms with Crippen LogP contribution in [-0.2, 0) is 10.0 Å². The zero-order valence-corrected chi connectivity index (χ0v) is 18.6. The van der Waals surface area contributed by atoms with Crippen molar-refractivity contribution in [2.75, 3.05) is 24.5 Å². The molecule has 0 fully saturated rings. The highest BCUT2D eigenvalue weighted by Crippen LogP contribution is 2.25. The molecule has 1 amide bonds. The van der Waals surface area contributed by atoms with Crippen LogP contribution >= 0.6 is 0 Å². The maximum absolute atomic E-state index is 13.0. The molecule has 7 heteroatoms. The Labute approximate surface area is 183 Å². The van der Waals surface area contributed by atoms with Crippen molar-refractivity contribution in [1.82, 2.24) is 5.32 Å². The van der Waals surface area contributed by atoms with Crippen molar-refractivity contribution in [2.24, 2.45) is 0 Å². The molecule has 0 aliphatic heterocycles. The molecule has 0 bridgehead atoms. The third-order valence-electron chi connectivity index (χ3n) is 5.02. The molecular weight excluding hydrogens is 412 g/mol. The van der Waals surface area contributed by atoms with E-state index < -0.39 is 10.0 Å². The summed E-state index contributed by atoms with van der Waals surface area (Å²) in [7, 11) is -2.35. The first kappa shape index (κ1) is 22.4. The number of hydrogen-bond acceptors (Lipinski definition) is 4. The van der Waals surface area contributed by atoms with Gasteiger partial charge in [0.05, 0.1) is 22.7 Å². The van der Waals surface area contributed by atoms with Gasteiger partial charge in [-0.3, -0.25) is 9.10 Å². The number of rotatable bonds is 8. The van der Waals surface area contributed by atoms with Gasteiger partial charge in [0.2, 0.25) is 0 Å². The molecule has 0 saturated heterocycles. The summed E-state index contributed by atoms with van der Waals surface area (Å²) in [5.41, 5.74) is 2.90. The van der Waals surface area contributed by atoms with Gasteiger partial charge in [0.1, 0.15) is 12.4 Å². The number of benzene rings is 3. The topological polar surface area (TPSA) is 75.7 Å². The van der Waals surface area contributed by atoms with E-state index in [2.05, 4.69) is 5.32 Å². The van der Waals surface area contributed by atoms with E-state index >= 15 is 0 Å². The maximum atomic E-state index is 13.0. The monoisotopic (exact) mass is 438 g/mol. The Bertz CT molecular complexity index is 1160. The first-order chi connectivity index (χ1) is 14.8. The molecule has 0 atom stereocenters. The molecule has 0 radical (unpaired) electrons. The van der Waals surface area contributed by atoms with E-state index in [0.717, 1.165) is 15.6 Å². The molecule has 3 aromatic carbocycles.